The Morgan fingerprint density at radius 3 is 3.00 bits per heavy atom. The molecule has 0 radical (unpaired) electrons. The number of furan rings is 1. The average Bonchev–Trinajstić information content (AvgIpc) is 2.84. The molecule has 0 unspecified atom stereocenters. The number of aromatic amines is 1. The summed E-state index contributed by atoms with van der Waals surface area (Å²) < 4.78 is 8.07. The number of hydrogen-bond donors (Lipinski definition) is 1. The zero-order valence-electron chi connectivity index (χ0n) is 8.36. The summed E-state index contributed by atoms with van der Waals surface area (Å²) in [4.78, 5) is 0. The lowest BCUT2D eigenvalue weighted by molar-refractivity contribution is 0.534. The summed E-state index contributed by atoms with van der Waals surface area (Å²) in [5, 5.41) is 7.09. The molecule has 0 saturated heterocycles. The Bertz CT molecular complexity index is 547. The molecule has 1 aliphatic rings. The second-order valence-electron chi connectivity index (χ2n) is 3.90. The van der Waals surface area contributed by atoms with Crippen LogP contribution in [0.3, 0.4) is 0 Å². The number of nitrogens with one attached hydrogen (secondary N) is 1. The summed E-state index contributed by atoms with van der Waals surface area (Å²) in [6.45, 7) is 1.92. The van der Waals surface area contributed by atoms with E-state index >= 15 is 0 Å². The molecule has 1 N–H and O–H groups in total. The number of aryl methyl sites for hydroxylation is 1. The van der Waals surface area contributed by atoms with Crippen molar-refractivity contribution in [2.45, 2.75) is 25.8 Å². The summed E-state index contributed by atoms with van der Waals surface area (Å²) in [5.74, 6) is 1.78. The monoisotopic (exact) mass is 221 g/mol. The molecule has 2 aromatic rings. The predicted molar refractivity (Wildman–Crippen MR) is 58.1 cm³/mol. The van der Waals surface area contributed by atoms with Crippen molar-refractivity contribution in [2.24, 2.45) is 0 Å². The molecular weight excluding hydrogens is 210 g/mol. The molecule has 2 heterocycles. The Hall–Kier alpha value is -1.36. The fourth-order valence-electron chi connectivity index (χ4n) is 1.74. The first kappa shape index (κ1) is 8.91. The van der Waals surface area contributed by atoms with Gasteiger partial charge in [0, 0.05) is 6.04 Å². The lowest BCUT2D eigenvalue weighted by atomic mass is 10.3. The minimum Gasteiger partial charge on any atom is -0.469 e. The molecule has 0 aromatic carbocycles. The first-order valence-corrected chi connectivity index (χ1v) is 5.39. The van der Waals surface area contributed by atoms with E-state index in [0.29, 0.717) is 10.8 Å². The van der Waals surface area contributed by atoms with Gasteiger partial charge in [-0.2, -0.15) is 5.10 Å². The van der Waals surface area contributed by atoms with Crippen molar-refractivity contribution in [3.8, 4) is 11.4 Å². The molecule has 1 fully saturated rings. The van der Waals surface area contributed by atoms with Crippen LogP contribution in [-0.4, -0.2) is 14.8 Å². The maximum absolute atomic E-state index is 5.28. The minimum atomic E-state index is 0.529. The Morgan fingerprint density at radius 1 is 1.60 bits per heavy atom. The Labute approximate surface area is 91.9 Å². The van der Waals surface area contributed by atoms with Gasteiger partial charge in [-0.05, 0) is 38.0 Å². The van der Waals surface area contributed by atoms with Crippen molar-refractivity contribution in [3.05, 3.63) is 22.9 Å². The molecule has 0 spiro atoms. The Balaban J connectivity index is 2.15. The van der Waals surface area contributed by atoms with Crippen molar-refractivity contribution in [1.82, 2.24) is 14.8 Å². The SMILES string of the molecule is Cc1cc(-c2n[nH]c(=S)n2C2CC2)co1. The van der Waals surface area contributed by atoms with E-state index in [-0.39, 0.29) is 0 Å². The van der Waals surface area contributed by atoms with Crippen molar-refractivity contribution in [1.29, 1.82) is 0 Å². The second kappa shape index (κ2) is 3.06. The standard InChI is InChI=1S/C10H11N3OS/c1-6-4-7(5-14-6)9-11-12-10(15)13(9)8-2-3-8/h4-5,8H,2-3H2,1H3,(H,12,15). The summed E-state index contributed by atoms with van der Waals surface area (Å²) >= 11 is 5.21. The van der Waals surface area contributed by atoms with Crippen LogP contribution in [0.25, 0.3) is 11.4 Å². The van der Waals surface area contributed by atoms with Crippen LogP contribution in [0.4, 0.5) is 0 Å². The largest absolute Gasteiger partial charge is 0.469 e. The van der Waals surface area contributed by atoms with Gasteiger partial charge < -0.3 is 4.42 Å². The zero-order chi connectivity index (χ0) is 10.4. The molecular formula is C10H11N3OS. The molecule has 0 atom stereocenters. The van der Waals surface area contributed by atoms with Gasteiger partial charge >= 0.3 is 0 Å². The first-order chi connectivity index (χ1) is 7.25. The molecule has 0 bridgehead atoms. The second-order valence-corrected chi connectivity index (χ2v) is 4.29. The predicted octanol–water partition coefficient (Wildman–Crippen LogP) is 2.84. The molecule has 0 amide bonds. The third-order valence-electron chi connectivity index (χ3n) is 2.61. The summed E-state index contributed by atoms with van der Waals surface area (Å²) in [6.07, 6.45) is 4.11. The van der Waals surface area contributed by atoms with E-state index in [2.05, 4.69) is 14.8 Å². The van der Waals surface area contributed by atoms with Crippen LogP contribution in [0, 0.1) is 11.7 Å². The number of rotatable bonds is 2. The van der Waals surface area contributed by atoms with Crippen molar-refractivity contribution in [2.75, 3.05) is 0 Å². The highest BCUT2D eigenvalue weighted by Gasteiger charge is 2.28. The van der Waals surface area contributed by atoms with Crippen LogP contribution < -0.4 is 0 Å². The van der Waals surface area contributed by atoms with Crippen LogP contribution in [0.2, 0.25) is 0 Å². The van der Waals surface area contributed by atoms with Crippen LogP contribution in [0.5, 0.6) is 0 Å². The molecule has 5 heteroatoms. The van der Waals surface area contributed by atoms with E-state index in [1.165, 1.54) is 12.8 Å². The highest BCUT2D eigenvalue weighted by Crippen LogP contribution is 2.38. The van der Waals surface area contributed by atoms with Gasteiger partial charge in [0.15, 0.2) is 10.6 Å². The fourth-order valence-corrected chi connectivity index (χ4v) is 2.02. The fraction of sp³-hybridized carbons (Fsp3) is 0.400. The first-order valence-electron chi connectivity index (χ1n) is 4.98. The van der Waals surface area contributed by atoms with Gasteiger partial charge in [-0.3, -0.25) is 9.67 Å². The zero-order valence-corrected chi connectivity index (χ0v) is 9.17. The van der Waals surface area contributed by atoms with Gasteiger partial charge in [0.1, 0.15) is 12.0 Å². The van der Waals surface area contributed by atoms with Crippen LogP contribution in [0.15, 0.2) is 16.7 Å². The molecule has 1 aliphatic carbocycles. The van der Waals surface area contributed by atoms with E-state index in [9.17, 15) is 0 Å². The van der Waals surface area contributed by atoms with Gasteiger partial charge in [-0.15, -0.1) is 0 Å². The maximum atomic E-state index is 5.28. The maximum Gasteiger partial charge on any atom is 0.195 e. The topological polar surface area (TPSA) is 46.8 Å². The van der Waals surface area contributed by atoms with Crippen LogP contribution >= 0.6 is 12.2 Å². The van der Waals surface area contributed by atoms with E-state index in [1.807, 2.05) is 13.0 Å². The van der Waals surface area contributed by atoms with Gasteiger partial charge in [-0.25, -0.2) is 0 Å². The molecule has 3 rings (SSSR count). The highest BCUT2D eigenvalue weighted by molar-refractivity contribution is 7.71. The summed E-state index contributed by atoms with van der Waals surface area (Å²) in [5.41, 5.74) is 0.992. The molecule has 2 aromatic heterocycles. The minimum absolute atomic E-state index is 0.529. The quantitative estimate of drug-likeness (QED) is 0.793. The number of nitrogens with zero attached hydrogens (tertiary/aromatic N) is 2. The van der Waals surface area contributed by atoms with Gasteiger partial charge in [0.2, 0.25) is 0 Å². The van der Waals surface area contributed by atoms with Crippen molar-refractivity contribution < 1.29 is 4.42 Å². The number of H-pyrrole nitrogens is 1. The summed E-state index contributed by atoms with van der Waals surface area (Å²) in [7, 11) is 0. The van der Waals surface area contributed by atoms with E-state index in [1.54, 1.807) is 6.26 Å². The van der Waals surface area contributed by atoms with Crippen LogP contribution in [-0.2, 0) is 0 Å². The van der Waals surface area contributed by atoms with Gasteiger partial charge in [-0.1, -0.05) is 0 Å². The number of aromatic nitrogens is 3. The Morgan fingerprint density at radius 2 is 2.40 bits per heavy atom. The van der Waals surface area contributed by atoms with Crippen molar-refractivity contribution in [3.63, 3.8) is 0 Å². The normalized spacial score (nSPS) is 15.8. The molecule has 0 aliphatic heterocycles. The average molecular weight is 221 g/mol. The third-order valence-corrected chi connectivity index (χ3v) is 2.89. The third kappa shape index (κ3) is 1.43. The summed E-state index contributed by atoms with van der Waals surface area (Å²) in [6, 6.07) is 2.51. The van der Waals surface area contributed by atoms with Crippen LogP contribution in [0.1, 0.15) is 24.6 Å². The van der Waals surface area contributed by atoms with E-state index < -0.39 is 0 Å². The highest BCUT2D eigenvalue weighted by atomic mass is 32.1. The lowest BCUT2D eigenvalue weighted by Crippen LogP contribution is -1.96. The molecule has 1 saturated carbocycles. The molecule has 78 valence electrons. The molecule has 4 nitrogen and oxygen atoms in total. The van der Waals surface area contributed by atoms with Crippen molar-refractivity contribution >= 4 is 12.2 Å². The molecule has 15 heavy (non-hydrogen) atoms. The van der Waals surface area contributed by atoms with Gasteiger partial charge in [0.25, 0.3) is 0 Å². The van der Waals surface area contributed by atoms with Gasteiger partial charge in [0.05, 0.1) is 5.56 Å². The van der Waals surface area contributed by atoms with E-state index in [0.717, 1.165) is 17.1 Å². The Kier molecular flexibility index (Phi) is 1.82. The van der Waals surface area contributed by atoms with E-state index in [4.69, 9.17) is 16.6 Å². The smallest absolute Gasteiger partial charge is 0.195 e. The number of hydrogen-bond acceptors (Lipinski definition) is 3. The lowest BCUT2D eigenvalue weighted by Gasteiger charge is -2.01.